The first-order chi connectivity index (χ1) is 23.8. The number of aliphatic hydroxyl groups excluding tert-OH is 2. The van der Waals surface area contributed by atoms with Crippen molar-refractivity contribution in [1.82, 2.24) is 20.6 Å². The fourth-order valence-electron chi connectivity index (χ4n) is 5.37. The predicted octanol–water partition coefficient (Wildman–Crippen LogP) is 6.60. The molecule has 4 rings (SSSR count). The normalized spacial score (nSPS) is 14.1. The summed E-state index contributed by atoms with van der Waals surface area (Å²) in [6, 6.07) is 16.7. The van der Waals surface area contributed by atoms with Gasteiger partial charge in [0.2, 0.25) is 0 Å². The van der Waals surface area contributed by atoms with E-state index in [2.05, 4.69) is 48.3 Å². The number of carbonyl (C=O) groups excluding carboxylic acids is 1. The lowest BCUT2D eigenvalue weighted by Gasteiger charge is -2.28. The fourth-order valence-corrected chi connectivity index (χ4v) is 6.34. The van der Waals surface area contributed by atoms with Crippen LogP contribution in [-0.4, -0.2) is 68.2 Å². The van der Waals surface area contributed by atoms with Gasteiger partial charge in [-0.25, -0.2) is 9.97 Å². The Morgan fingerprint density at radius 2 is 1.50 bits per heavy atom. The molecular weight excluding hydrogens is 653 g/mol. The van der Waals surface area contributed by atoms with Crippen molar-refractivity contribution in [2.75, 3.05) is 6.61 Å². The second kappa shape index (κ2) is 18.2. The number of rotatable bonds is 18. The van der Waals surface area contributed by atoms with E-state index in [1.165, 1.54) is 43.9 Å². The number of aliphatic hydroxyl groups is 2. The molecule has 268 valence electrons. The minimum Gasteiger partial charge on any atom is -0.494 e. The largest absolute Gasteiger partial charge is 0.494 e. The Bertz CT molecular complexity index is 1650. The van der Waals surface area contributed by atoms with Crippen molar-refractivity contribution in [3.05, 3.63) is 88.4 Å². The molecule has 0 saturated heterocycles. The fraction of sp³-hybridized carbons (Fsp3) is 0.436. The van der Waals surface area contributed by atoms with Crippen molar-refractivity contribution in [3.63, 3.8) is 0 Å². The van der Waals surface area contributed by atoms with Crippen LogP contribution in [-0.2, 0) is 16.6 Å². The highest BCUT2D eigenvalue weighted by Gasteiger charge is 2.31. The number of carbonyl (C=O) groups is 2. The summed E-state index contributed by atoms with van der Waals surface area (Å²) in [6.45, 7) is 10.4. The zero-order valence-corrected chi connectivity index (χ0v) is 30.4. The molecule has 10 nitrogen and oxygen atoms in total. The molecule has 0 aliphatic rings. The second-order valence-electron chi connectivity index (χ2n) is 13.6. The maximum atomic E-state index is 13.3. The van der Waals surface area contributed by atoms with Crippen LogP contribution >= 0.6 is 11.3 Å². The van der Waals surface area contributed by atoms with Crippen LogP contribution in [0, 0.1) is 0 Å². The van der Waals surface area contributed by atoms with Gasteiger partial charge in [-0.2, -0.15) is 0 Å². The molecule has 4 aromatic rings. The van der Waals surface area contributed by atoms with E-state index in [0.29, 0.717) is 17.3 Å². The summed E-state index contributed by atoms with van der Waals surface area (Å²) in [4.78, 5) is 35.7. The van der Waals surface area contributed by atoms with Gasteiger partial charge in [0.25, 0.3) is 5.91 Å². The first-order valence-corrected chi connectivity index (χ1v) is 18.1. The SMILES string of the molecule is CCCCCCCOc1ccc(-c2cnc(-c3ccc(C[C@H](NC(=O)c4ccc(C(C)(C)C)s4)C(O)N[C@H](C(=O)O)[C@@H](C)O)cc3)nc2)cc1. The Labute approximate surface area is 299 Å². The Hall–Kier alpha value is -4.16. The number of hydrogen-bond donors (Lipinski definition) is 5. The lowest BCUT2D eigenvalue weighted by atomic mass is 9.95. The van der Waals surface area contributed by atoms with Gasteiger partial charge in [0, 0.05) is 28.4 Å². The Kier molecular flexibility index (Phi) is 14.1. The standard InChI is InChI=1S/C39H50N4O6S/c1-6-7-8-9-10-21-49-30-17-15-27(16-18-30)29-23-40-35(41-24-29)28-13-11-26(12-14-28)22-31(36(45)43-34(25(2)44)38(47)48)42-37(46)32-19-20-33(50-32)39(3,4)5/h11-20,23-25,31,34,36,43-45H,6-10,21-22H2,1-5H3,(H,42,46)(H,47,48)/t25-,31+,34+,36?/m1/s1. The highest BCUT2D eigenvalue weighted by Crippen LogP contribution is 2.30. The topological polar surface area (TPSA) is 154 Å². The molecule has 0 aliphatic carbocycles. The molecule has 2 heterocycles. The van der Waals surface area contributed by atoms with Gasteiger partial charge in [0.15, 0.2) is 5.82 Å². The summed E-state index contributed by atoms with van der Waals surface area (Å²) >= 11 is 1.37. The highest BCUT2D eigenvalue weighted by atomic mass is 32.1. The lowest BCUT2D eigenvalue weighted by molar-refractivity contribution is -0.143. The number of ether oxygens (including phenoxy) is 1. The van der Waals surface area contributed by atoms with Crippen LogP contribution in [0.25, 0.3) is 22.5 Å². The number of carboxylic acids is 1. The molecule has 0 saturated carbocycles. The first-order valence-electron chi connectivity index (χ1n) is 17.3. The van der Waals surface area contributed by atoms with Gasteiger partial charge >= 0.3 is 5.97 Å². The van der Waals surface area contributed by atoms with E-state index in [0.717, 1.165) is 39.3 Å². The molecule has 50 heavy (non-hydrogen) atoms. The average molecular weight is 703 g/mol. The zero-order valence-electron chi connectivity index (χ0n) is 29.6. The highest BCUT2D eigenvalue weighted by molar-refractivity contribution is 7.14. The van der Waals surface area contributed by atoms with E-state index in [-0.39, 0.29) is 17.7 Å². The number of hydrogen-bond acceptors (Lipinski definition) is 9. The number of aromatic nitrogens is 2. The molecule has 0 radical (unpaired) electrons. The second-order valence-corrected chi connectivity index (χ2v) is 14.7. The third-order valence-electron chi connectivity index (χ3n) is 8.39. The number of amides is 1. The van der Waals surface area contributed by atoms with E-state index in [9.17, 15) is 24.9 Å². The Morgan fingerprint density at radius 1 is 0.860 bits per heavy atom. The molecule has 0 spiro atoms. The third kappa shape index (κ3) is 11.2. The number of thiophene rings is 1. The van der Waals surface area contributed by atoms with Gasteiger partial charge in [-0.1, -0.05) is 89.8 Å². The summed E-state index contributed by atoms with van der Waals surface area (Å²) in [6.07, 6.45) is 6.99. The maximum Gasteiger partial charge on any atom is 0.323 e. The smallest absolute Gasteiger partial charge is 0.323 e. The molecule has 2 aromatic carbocycles. The van der Waals surface area contributed by atoms with Crippen LogP contribution in [0.4, 0.5) is 0 Å². The summed E-state index contributed by atoms with van der Waals surface area (Å²) < 4.78 is 5.88. The molecular formula is C39H50N4O6S. The van der Waals surface area contributed by atoms with Crippen LogP contribution in [0.3, 0.4) is 0 Å². The lowest BCUT2D eigenvalue weighted by Crippen LogP contribution is -2.57. The van der Waals surface area contributed by atoms with E-state index < -0.39 is 30.4 Å². The van der Waals surface area contributed by atoms with Crippen LogP contribution in [0.15, 0.2) is 73.1 Å². The number of unbranched alkanes of at least 4 members (excludes halogenated alkanes) is 4. The molecule has 0 fully saturated rings. The minimum absolute atomic E-state index is 0.130. The zero-order chi connectivity index (χ0) is 36.3. The number of carboxylic acid groups (broad SMARTS) is 1. The van der Waals surface area contributed by atoms with Gasteiger partial charge in [-0.3, -0.25) is 14.9 Å². The molecule has 5 N–H and O–H groups in total. The van der Waals surface area contributed by atoms with E-state index in [4.69, 9.17) is 4.74 Å². The first kappa shape index (κ1) is 38.6. The molecule has 1 amide bonds. The third-order valence-corrected chi connectivity index (χ3v) is 9.90. The molecule has 0 aliphatic heterocycles. The Morgan fingerprint density at radius 3 is 2.08 bits per heavy atom. The number of aliphatic carboxylic acids is 1. The summed E-state index contributed by atoms with van der Waals surface area (Å²) in [7, 11) is 0. The summed E-state index contributed by atoms with van der Waals surface area (Å²) in [5.74, 6) is -0.311. The van der Waals surface area contributed by atoms with E-state index in [1.807, 2.05) is 54.6 Å². The van der Waals surface area contributed by atoms with Gasteiger partial charge < -0.3 is 25.4 Å². The molecule has 2 aromatic heterocycles. The predicted molar refractivity (Wildman–Crippen MR) is 197 cm³/mol. The van der Waals surface area contributed by atoms with Gasteiger partial charge in [-0.15, -0.1) is 11.3 Å². The van der Waals surface area contributed by atoms with Crippen molar-refractivity contribution in [2.45, 2.75) is 103 Å². The minimum atomic E-state index is -1.47. The molecule has 4 atom stereocenters. The Balaban J connectivity index is 1.42. The monoisotopic (exact) mass is 702 g/mol. The van der Waals surface area contributed by atoms with Crippen LogP contribution in [0.5, 0.6) is 5.75 Å². The van der Waals surface area contributed by atoms with Crippen molar-refractivity contribution in [1.29, 1.82) is 0 Å². The quantitative estimate of drug-likeness (QED) is 0.0570. The molecule has 1 unspecified atom stereocenters. The van der Waals surface area contributed by atoms with Crippen LogP contribution < -0.4 is 15.4 Å². The van der Waals surface area contributed by atoms with E-state index >= 15 is 0 Å². The van der Waals surface area contributed by atoms with Crippen molar-refractivity contribution >= 4 is 23.2 Å². The summed E-state index contributed by atoms with van der Waals surface area (Å²) in [5, 5.41) is 36.1. The van der Waals surface area contributed by atoms with Crippen LogP contribution in [0.1, 0.15) is 86.8 Å². The van der Waals surface area contributed by atoms with Gasteiger partial charge in [0.05, 0.1) is 23.6 Å². The summed E-state index contributed by atoms with van der Waals surface area (Å²) in [5.41, 5.74) is 3.31. The average Bonchev–Trinajstić information content (AvgIpc) is 3.61. The number of nitrogens with zero attached hydrogens (tertiary/aromatic N) is 2. The van der Waals surface area contributed by atoms with E-state index in [1.54, 1.807) is 18.5 Å². The van der Waals surface area contributed by atoms with Crippen molar-refractivity contribution in [2.24, 2.45) is 0 Å². The number of nitrogens with one attached hydrogen (secondary N) is 2. The van der Waals surface area contributed by atoms with Crippen molar-refractivity contribution < 1.29 is 29.6 Å². The van der Waals surface area contributed by atoms with Gasteiger partial charge in [0.1, 0.15) is 18.0 Å². The molecule has 0 bridgehead atoms. The van der Waals surface area contributed by atoms with Crippen LogP contribution in [0.2, 0.25) is 0 Å². The maximum absolute atomic E-state index is 13.3. The van der Waals surface area contributed by atoms with Crippen molar-refractivity contribution in [3.8, 4) is 28.3 Å². The number of benzene rings is 2. The molecule has 11 heteroatoms. The van der Waals surface area contributed by atoms with Gasteiger partial charge in [-0.05, 0) is 60.6 Å².